The molecule has 0 aliphatic carbocycles. The van der Waals surface area contributed by atoms with Gasteiger partial charge in [-0.25, -0.2) is 8.78 Å². The van der Waals surface area contributed by atoms with Crippen molar-refractivity contribution in [3.8, 4) is 0 Å². The Morgan fingerprint density at radius 2 is 2.07 bits per heavy atom. The van der Waals surface area contributed by atoms with Crippen LogP contribution in [0.2, 0.25) is 0 Å². The molecule has 0 aromatic rings. The molecule has 0 heterocycles. The first-order valence-corrected chi connectivity index (χ1v) is 5.12. The summed E-state index contributed by atoms with van der Waals surface area (Å²) in [6.45, 7) is 3.70. The van der Waals surface area contributed by atoms with Gasteiger partial charge in [-0.15, -0.1) is 0 Å². The summed E-state index contributed by atoms with van der Waals surface area (Å²) < 4.78 is 30.7. The average Bonchev–Trinajstić information content (AvgIpc) is 2.03. The molecule has 1 N–H and O–H groups in total. The lowest BCUT2D eigenvalue weighted by atomic mass is 10.1. The van der Waals surface area contributed by atoms with Gasteiger partial charge in [0.15, 0.2) is 0 Å². The zero-order chi connectivity index (χ0) is 11.0. The van der Waals surface area contributed by atoms with Gasteiger partial charge in [0.25, 0.3) is 5.92 Å². The Bertz CT molecular complexity index is 142. The Morgan fingerprint density at radius 1 is 1.43 bits per heavy atom. The predicted octanol–water partition coefficient (Wildman–Crippen LogP) is 2.29. The third kappa shape index (κ3) is 7.21. The molecule has 0 saturated heterocycles. The summed E-state index contributed by atoms with van der Waals surface area (Å²) in [5.41, 5.74) is 0. The maximum atomic E-state index is 12.9. The highest BCUT2D eigenvalue weighted by molar-refractivity contribution is 4.67. The number of hydrogen-bond donors (Lipinski definition) is 1. The number of nitrogens with one attached hydrogen (secondary N) is 1. The molecule has 4 heteroatoms. The van der Waals surface area contributed by atoms with E-state index in [0.717, 1.165) is 12.8 Å². The second-order valence-corrected chi connectivity index (χ2v) is 3.80. The van der Waals surface area contributed by atoms with E-state index in [2.05, 4.69) is 12.2 Å². The van der Waals surface area contributed by atoms with Crippen LogP contribution in [-0.2, 0) is 4.74 Å². The number of alkyl halides is 2. The molecule has 2 nitrogen and oxygen atoms in total. The molecule has 86 valence electrons. The Hall–Kier alpha value is -0.220. The van der Waals surface area contributed by atoms with Gasteiger partial charge in [0.1, 0.15) is 6.61 Å². The van der Waals surface area contributed by atoms with Gasteiger partial charge in [-0.3, -0.25) is 0 Å². The van der Waals surface area contributed by atoms with Gasteiger partial charge in [-0.1, -0.05) is 20.3 Å². The van der Waals surface area contributed by atoms with Crippen LogP contribution in [0.1, 0.15) is 26.7 Å². The van der Waals surface area contributed by atoms with Gasteiger partial charge in [0.05, 0.1) is 6.54 Å². The normalized spacial score (nSPS) is 14.4. The third-order valence-electron chi connectivity index (χ3n) is 1.93. The molecule has 0 fully saturated rings. The molecule has 0 aromatic carbocycles. The van der Waals surface area contributed by atoms with Crippen molar-refractivity contribution < 1.29 is 13.5 Å². The lowest BCUT2D eigenvalue weighted by molar-refractivity contribution is -0.0792. The Labute approximate surface area is 85.0 Å². The van der Waals surface area contributed by atoms with Crippen molar-refractivity contribution in [1.29, 1.82) is 0 Å². The highest BCUT2D eigenvalue weighted by atomic mass is 19.3. The first kappa shape index (κ1) is 13.8. The second-order valence-electron chi connectivity index (χ2n) is 3.80. The van der Waals surface area contributed by atoms with E-state index in [1.165, 1.54) is 7.05 Å². The van der Waals surface area contributed by atoms with E-state index < -0.39 is 12.5 Å². The molecule has 0 amide bonds. The van der Waals surface area contributed by atoms with E-state index in [1.54, 1.807) is 0 Å². The molecule has 0 radical (unpaired) electrons. The van der Waals surface area contributed by atoms with Gasteiger partial charge in [-0.2, -0.15) is 0 Å². The molecule has 1 unspecified atom stereocenters. The minimum atomic E-state index is -2.75. The van der Waals surface area contributed by atoms with Crippen molar-refractivity contribution in [3.63, 3.8) is 0 Å². The molecule has 0 aromatic heterocycles. The summed E-state index contributed by atoms with van der Waals surface area (Å²) >= 11 is 0. The molecule has 0 rings (SSSR count). The van der Waals surface area contributed by atoms with E-state index in [1.807, 2.05) is 6.92 Å². The van der Waals surface area contributed by atoms with E-state index in [9.17, 15) is 8.78 Å². The molecule has 0 spiro atoms. The van der Waals surface area contributed by atoms with Gasteiger partial charge >= 0.3 is 0 Å². The zero-order valence-corrected chi connectivity index (χ0v) is 9.28. The number of halogens is 2. The maximum Gasteiger partial charge on any atom is 0.283 e. The fourth-order valence-corrected chi connectivity index (χ4v) is 1.30. The fraction of sp³-hybridized carbons (Fsp3) is 1.00. The zero-order valence-electron chi connectivity index (χ0n) is 9.28. The van der Waals surface area contributed by atoms with Crippen molar-refractivity contribution in [2.75, 3.05) is 26.8 Å². The summed E-state index contributed by atoms with van der Waals surface area (Å²) in [6.07, 6.45) is 2.09. The van der Waals surface area contributed by atoms with Crippen molar-refractivity contribution in [3.05, 3.63) is 0 Å². The van der Waals surface area contributed by atoms with Crippen LogP contribution in [0.4, 0.5) is 8.78 Å². The van der Waals surface area contributed by atoms with Crippen LogP contribution < -0.4 is 5.32 Å². The monoisotopic (exact) mass is 209 g/mol. The van der Waals surface area contributed by atoms with Crippen LogP contribution in [0.3, 0.4) is 0 Å². The minimum Gasteiger partial charge on any atom is -0.375 e. The maximum absolute atomic E-state index is 12.9. The molecule has 0 aliphatic rings. The van der Waals surface area contributed by atoms with Crippen LogP contribution in [-0.4, -0.2) is 32.7 Å². The van der Waals surface area contributed by atoms with Gasteiger partial charge in [0, 0.05) is 6.61 Å². The van der Waals surface area contributed by atoms with Gasteiger partial charge < -0.3 is 10.1 Å². The van der Waals surface area contributed by atoms with Crippen molar-refractivity contribution in [2.45, 2.75) is 32.6 Å². The fourth-order valence-electron chi connectivity index (χ4n) is 1.30. The largest absolute Gasteiger partial charge is 0.375 e. The van der Waals surface area contributed by atoms with Crippen LogP contribution >= 0.6 is 0 Å². The first-order chi connectivity index (χ1) is 6.52. The van der Waals surface area contributed by atoms with Crippen molar-refractivity contribution in [1.82, 2.24) is 5.32 Å². The number of rotatable bonds is 8. The van der Waals surface area contributed by atoms with Crippen LogP contribution in [0.25, 0.3) is 0 Å². The van der Waals surface area contributed by atoms with Gasteiger partial charge in [0.2, 0.25) is 0 Å². The molecule has 0 saturated carbocycles. The highest BCUT2D eigenvalue weighted by Crippen LogP contribution is 2.13. The quantitative estimate of drug-likeness (QED) is 0.662. The Morgan fingerprint density at radius 3 is 2.57 bits per heavy atom. The van der Waals surface area contributed by atoms with Crippen LogP contribution in [0.5, 0.6) is 0 Å². The smallest absolute Gasteiger partial charge is 0.283 e. The minimum absolute atomic E-state index is 0.324. The molecular weight excluding hydrogens is 188 g/mol. The first-order valence-electron chi connectivity index (χ1n) is 5.12. The topological polar surface area (TPSA) is 21.3 Å². The van der Waals surface area contributed by atoms with Crippen LogP contribution in [0, 0.1) is 5.92 Å². The van der Waals surface area contributed by atoms with Crippen molar-refractivity contribution >= 4 is 0 Å². The van der Waals surface area contributed by atoms with E-state index >= 15 is 0 Å². The number of ether oxygens (including phenoxy) is 1. The van der Waals surface area contributed by atoms with E-state index in [-0.39, 0.29) is 6.54 Å². The number of hydrogen-bond acceptors (Lipinski definition) is 2. The van der Waals surface area contributed by atoms with Crippen LogP contribution in [0.15, 0.2) is 0 Å². The molecule has 14 heavy (non-hydrogen) atoms. The summed E-state index contributed by atoms with van der Waals surface area (Å²) in [5, 5.41) is 2.44. The molecule has 0 bridgehead atoms. The van der Waals surface area contributed by atoms with E-state index in [0.29, 0.717) is 12.5 Å². The molecule has 1 atom stereocenters. The predicted molar refractivity (Wildman–Crippen MR) is 53.8 cm³/mol. The van der Waals surface area contributed by atoms with E-state index in [4.69, 9.17) is 4.74 Å². The SMILES string of the molecule is CCCC(C)COCC(F)(F)CNC. The van der Waals surface area contributed by atoms with Crippen molar-refractivity contribution in [2.24, 2.45) is 5.92 Å². The summed E-state index contributed by atoms with van der Waals surface area (Å²) in [6, 6.07) is 0. The summed E-state index contributed by atoms with van der Waals surface area (Å²) in [4.78, 5) is 0. The molecule has 0 aliphatic heterocycles. The molecular formula is C10H21F2NO. The lowest BCUT2D eigenvalue weighted by Crippen LogP contribution is -2.35. The average molecular weight is 209 g/mol. The highest BCUT2D eigenvalue weighted by Gasteiger charge is 2.28. The Kier molecular flexibility index (Phi) is 7.01. The summed E-state index contributed by atoms with van der Waals surface area (Å²) in [7, 11) is 1.51. The second kappa shape index (κ2) is 7.12. The standard InChI is InChI=1S/C10H21F2NO/c1-4-5-9(2)6-14-8-10(11,12)7-13-3/h9,13H,4-8H2,1-3H3. The van der Waals surface area contributed by atoms with Gasteiger partial charge in [-0.05, 0) is 19.4 Å². The Balaban J connectivity index is 3.51. The third-order valence-corrected chi connectivity index (χ3v) is 1.93. The summed E-state index contributed by atoms with van der Waals surface area (Å²) in [5.74, 6) is -2.38. The lowest BCUT2D eigenvalue weighted by Gasteiger charge is -2.17.